The van der Waals surface area contributed by atoms with E-state index in [1.807, 2.05) is 13.8 Å². The second-order valence-corrected chi connectivity index (χ2v) is 6.76. The van der Waals surface area contributed by atoms with Gasteiger partial charge < -0.3 is 20.1 Å². The number of rotatable bonds is 6. The number of esters is 1. The molecule has 0 aromatic rings. The highest BCUT2D eigenvalue weighted by atomic mass is 16.5. The van der Waals surface area contributed by atoms with E-state index in [0.29, 0.717) is 31.4 Å². The molecule has 0 amide bonds. The van der Waals surface area contributed by atoms with Gasteiger partial charge >= 0.3 is 5.97 Å². The van der Waals surface area contributed by atoms with E-state index in [1.165, 1.54) is 0 Å². The average molecular weight is 300 g/mol. The average Bonchev–Trinajstić information content (AvgIpc) is 2.33. The van der Waals surface area contributed by atoms with Gasteiger partial charge in [0.1, 0.15) is 0 Å². The Kier molecular flexibility index (Phi) is 5.58. The zero-order valence-corrected chi connectivity index (χ0v) is 13.5. The first-order chi connectivity index (χ1) is 9.58. The van der Waals surface area contributed by atoms with Crippen LogP contribution >= 0.6 is 0 Å². The normalized spacial score (nSPS) is 31.7. The molecule has 0 aromatic heterocycles. The Balaban J connectivity index is 2.87. The van der Waals surface area contributed by atoms with Gasteiger partial charge in [-0.3, -0.25) is 4.79 Å². The molecule has 0 saturated heterocycles. The third-order valence-electron chi connectivity index (χ3n) is 4.33. The van der Waals surface area contributed by atoms with Crippen LogP contribution in [0.1, 0.15) is 53.4 Å². The van der Waals surface area contributed by atoms with Gasteiger partial charge in [-0.15, -0.1) is 0 Å². The molecular weight excluding hydrogens is 272 g/mol. The maximum atomic E-state index is 11.4. The highest BCUT2D eigenvalue weighted by molar-refractivity contribution is 5.69. The summed E-state index contributed by atoms with van der Waals surface area (Å²) in [4.78, 5) is 11.4. The van der Waals surface area contributed by atoms with Gasteiger partial charge in [0.2, 0.25) is 0 Å². The number of carbonyl (C=O) groups excluding carboxylic acids is 1. The lowest BCUT2D eigenvalue weighted by Crippen LogP contribution is -2.54. The molecule has 21 heavy (non-hydrogen) atoms. The van der Waals surface area contributed by atoms with E-state index >= 15 is 0 Å². The Hall–Kier alpha value is -0.910. The van der Waals surface area contributed by atoms with Gasteiger partial charge in [-0.2, -0.15) is 0 Å². The van der Waals surface area contributed by atoms with Crippen LogP contribution in [0.5, 0.6) is 0 Å². The van der Waals surface area contributed by atoms with Crippen LogP contribution in [0.3, 0.4) is 0 Å². The van der Waals surface area contributed by atoms with Gasteiger partial charge in [0.15, 0.2) is 0 Å². The third kappa shape index (κ3) is 4.05. The molecule has 0 heterocycles. The second kappa shape index (κ2) is 6.46. The summed E-state index contributed by atoms with van der Waals surface area (Å²) in [6, 6.07) is 0. The summed E-state index contributed by atoms with van der Waals surface area (Å²) in [6.07, 6.45) is 2.99. The summed E-state index contributed by atoms with van der Waals surface area (Å²) >= 11 is 0. The lowest BCUT2D eigenvalue weighted by Gasteiger charge is -2.51. The molecule has 3 N–H and O–H groups in total. The molecule has 5 heteroatoms. The van der Waals surface area contributed by atoms with Gasteiger partial charge in [0, 0.05) is 11.8 Å². The number of hydrogen-bond donors (Lipinski definition) is 3. The Morgan fingerprint density at radius 2 is 1.95 bits per heavy atom. The Morgan fingerprint density at radius 1 is 1.33 bits per heavy atom. The molecule has 122 valence electrons. The van der Waals surface area contributed by atoms with Gasteiger partial charge in [-0.1, -0.05) is 13.8 Å². The molecule has 1 aliphatic carbocycles. The van der Waals surface area contributed by atoms with Crippen LogP contribution < -0.4 is 0 Å². The van der Waals surface area contributed by atoms with Crippen LogP contribution in [0.25, 0.3) is 0 Å². The van der Waals surface area contributed by atoms with Crippen molar-refractivity contribution in [3.8, 4) is 0 Å². The van der Waals surface area contributed by atoms with Gasteiger partial charge in [-0.25, -0.2) is 0 Å². The summed E-state index contributed by atoms with van der Waals surface area (Å²) in [5.41, 5.74) is -2.45. The van der Waals surface area contributed by atoms with Crippen LogP contribution in [0, 0.1) is 5.41 Å². The van der Waals surface area contributed by atoms with Crippen molar-refractivity contribution in [2.45, 2.75) is 64.6 Å². The van der Waals surface area contributed by atoms with E-state index in [-0.39, 0.29) is 19.0 Å². The van der Waals surface area contributed by atoms with Crippen molar-refractivity contribution < 1.29 is 24.9 Å². The van der Waals surface area contributed by atoms with Gasteiger partial charge in [0.05, 0.1) is 24.4 Å². The molecule has 0 fully saturated rings. The Bertz CT molecular complexity index is 411. The van der Waals surface area contributed by atoms with Gasteiger partial charge in [-0.05, 0) is 44.8 Å². The van der Waals surface area contributed by atoms with Crippen molar-refractivity contribution in [3.63, 3.8) is 0 Å². The quantitative estimate of drug-likeness (QED) is 0.512. The number of carbonyl (C=O) groups is 1. The molecule has 0 bridgehead atoms. The predicted molar refractivity (Wildman–Crippen MR) is 79.6 cm³/mol. The molecular formula is C16H28O5. The molecule has 0 aromatic carbocycles. The van der Waals surface area contributed by atoms with E-state index in [0.717, 1.165) is 0 Å². The summed E-state index contributed by atoms with van der Waals surface area (Å²) in [5.74, 6) is -0.281. The first-order valence-electron chi connectivity index (χ1n) is 7.51. The Labute approximate surface area is 126 Å². The van der Waals surface area contributed by atoms with Crippen LogP contribution in [-0.4, -0.2) is 45.7 Å². The summed E-state index contributed by atoms with van der Waals surface area (Å²) in [7, 11) is 0. The standard InChI is InChI=1S/C16H28O5/c1-5-21-13(18)7-6-8-16(20)12(10-17)9-15(4,19)11-14(16,2)3/h9,17,19-20H,5-8,10-11H2,1-4H3. The second-order valence-electron chi connectivity index (χ2n) is 6.76. The zero-order valence-electron chi connectivity index (χ0n) is 13.5. The predicted octanol–water partition coefficient (Wildman–Crippen LogP) is 1.55. The SMILES string of the molecule is CCOC(=O)CCCC1(O)C(CO)=CC(C)(O)CC1(C)C. The van der Waals surface area contributed by atoms with Crippen molar-refractivity contribution in [1.82, 2.24) is 0 Å². The topological polar surface area (TPSA) is 87.0 Å². The number of aliphatic hydroxyl groups is 3. The molecule has 0 saturated carbocycles. The monoisotopic (exact) mass is 300 g/mol. The molecule has 1 rings (SSSR count). The molecule has 5 nitrogen and oxygen atoms in total. The van der Waals surface area contributed by atoms with Crippen molar-refractivity contribution in [2.75, 3.05) is 13.2 Å². The fourth-order valence-electron chi connectivity index (χ4n) is 3.42. The van der Waals surface area contributed by atoms with E-state index < -0.39 is 16.6 Å². The van der Waals surface area contributed by atoms with Crippen molar-refractivity contribution >= 4 is 5.97 Å². The third-order valence-corrected chi connectivity index (χ3v) is 4.33. The van der Waals surface area contributed by atoms with Gasteiger partial charge in [0.25, 0.3) is 0 Å². The molecule has 0 spiro atoms. The number of ether oxygens (including phenoxy) is 1. The summed E-state index contributed by atoms with van der Waals surface area (Å²) in [6.45, 7) is 7.20. The van der Waals surface area contributed by atoms with Crippen molar-refractivity contribution in [2.24, 2.45) is 5.41 Å². The molecule has 1 aliphatic rings. The van der Waals surface area contributed by atoms with E-state index in [9.17, 15) is 20.1 Å². The van der Waals surface area contributed by atoms with Crippen LogP contribution in [0.4, 0.5) is 0 Å². The fraction of sp³-hybridized carbons (Fsp3) is 0.812. The Morgan fingerprint density at radius 3 is 2.48 bits per heavy atom. The highest BCUT2D eigenvalue weighted by Crippen LogP contribution is 2.49. The smallest absolute Gasteiger partial charge is 0.305 e. The molecule has 2 atom stereocenters. The van der Waals surface area contributed by atoms with Crippen molar-refractivity contribution in [1.29, 1.82) is 0 Å². The molecule has 2 unspecified atom stereocenters. The highest BCUT2D eigenvalue weighted by Gasteiger charge is 2.51. The van der Waals surface area contributed by atoms with E-state index in [1.54, 1.807) is 19.9 Å². The number of hydrogen-bond acceptors (Lipinski definition) is 5. The summed E-state index contributed by atoms with van der Waals surface area (Å²) < 4.78 is 4.88. The first kappa shape index (κ1) is 18.1. The lowest BCUT2D eigenvalue weighted by molar-refractivity contribution is -0.144. The van der Waals surface area contributed by atoms with Crippen LogP contribution in [0.2, 0.25) is 0 Å². The maximum absolute atomic E-state index is 11.4. The van der Waals surface area contributed by atoms with E-state index in [4.69, 9.17) is 4.74 Å². The fourth-order valence-corrected chi connectivity index (χ4v) is 3.42. The largest absolute Gasteiger partial charge is 0.466 e. The van der Waals surface area contributed by atoms with Crippen molar-refractivity contribution in [3.05, 3.63) is 11.6 Å². The summed E-state index contributed by atoms with van der Waals surface area (Å²) in [5, 5.41) is 30.8. The minimum Gasteiger partial charge on any atom is -0.466 e. The zero-order chi connectivity index (χ0) is 16.3. The first-order valence-corrected chi connectivity index (χ1v) is 7.51. The molecule has 0 aliphatic heterocycles. The van der Waals surface area contributed by atoms with Crippen LogP contribution in [0.15, 0.2) is 11.6 Å². The minimum absolute atomic E-state index is 0.237. The lowest BCUT2D eigenvalue weighted by atomic mass is 9.59. The maximum Gasteiger partial charge on any atom is 0.305 e. The number of aliphatic hydroxyl groups excluding tert-OH is 1. The van der Waals surface area contributed by atoms with Crippen LogP contribution in [-0.2, 0) is 9.53 Å². The minimum atomic E-state index is -1.23. The molecule has 0 radical (unpaired) electrons. The van der Waals surface area contributed by atoms with E-state index in [2.05, 4.69) is 0 Å².